The van der Waals surface area contributed by atoms with Gasteiger partial charge in [0.2, 0.25) is 0 Å². The first-order valence-corrected chi connectivity index (χ1v) is 8.04. The molecule has 0 atom stereocenters. The van der Waals surface area contributed by atoms with Crippen LogP contribution in [0.1, 0.15) is 20.8 Å². The van der Waals surface area contributed by atoms with E-state index in [1.807, 2.05) is 30.3 Å². The number of benzene rings is 2. The summed E-state index contributed by atoms with van der Waals surface area (Å²) in [6.07, 6.45) is 0. The van der Waals surface area contributed by atoms with Gasteiger partial charge in [-0.1, -0.05) is 35.6 Å². The first-order valence-electron chi connectivity index (χ1n) is 7.22. The lowest BCUT2D eigenvalue weighted by Gasteiger charge is -2.03. The molecule has 0 aliphatic heterocycles. The minimum atomic E-state index is -0.771. The first-order chi connectivity index (χ1) is 12.0. The van der Waals surface area contributed by atoms with Gasteiger partial charge in [-0.05, 0) is 30.3 Å². The van der Waals surface area contributed by atoms with Crippen LogP contribution in [0.15, 0.2) is 54.6 Å². The maximum absolute atomic E-state index is 13.2. The van der Waals surface area contributed by atoms with Crippen LogP contribution in [0.2, 0.25) is 0 Å². The molecule has 2 amide bonds. The highest BCUT2D eigenvalue weighted by molar-refractivity contribution is 7.20. The molecular weight excluding hydrogens is 343 g/mol. The Kier molecular flexibility index (Phi) is 4.71. The van der Waals surface area contributed by atoms with Crippen molar-refractivity contribution >= 4 is 39.0 Å². The van der Waals surface area contributed by atoms with Crippen LogP contribution >= 0.6 is 11.3 Å². The lowest BCUT2D eigenvalue weighted by Crippen LogP contribution is -2.17. The number of halogens is 1. The number of rotatable bonds is 5. The van der Waals surface area contributed by atoms with Gasteiger partial charge >= 0.3 is 0 Å². The van der Waals surface area contributed by atoms with Crippen molar-refractivity contribution < 1.29 is 14.0 Å². The van der Waals surface area contributed by atoms with E-state index in [1.165, 1.54) is 18.2 Å². The van der Waals surface area contributed by atoms with E-state index >= 15 is 0 Å². The first kappa shape index (κ1) is 16.6. The number of hydrogen-bond acceptors (Lipinski definition) is 5. The van der Waals surface area contributed by atoms with Crippen molar-refractivity contribution in [3.8, 4) is 0 Å². The Bertz CT molecular complexity index is 927. The van der Waals surface area contributed by atoms with E-state index in [-0.39, 0.29) is 16.3 Å². The van der Waals surface area contributed by atoms with Gasteiger partial charge in [0.1, 0.15) is 10.8 Å². The Morgan fingerprint density at radius 3 is 2.52 bits per heavy atom. The quantitative estimate of drug-likeness (QED) is 0.653. The summed E-state index contributed by atoms with van der Waals surface area (Å²) in [6, 6.07) is 14.4. The fourth-order valence-corrected chi connectivity index (χ4v) is 2.96. The van der Waals surface area contributed by atoms with Crippen LogP contribution in [-0.2, 0) is 0 Å². The number of amides is 2. The van der Waals surface area contributed by atoms with Crippen molar-refractivity contribution in [1.82, 2.24) is 4.98 Å². The molecule has 3 aromatic rings. The molecule has 0 saturated heterocycles. The molecule has 1 aromatic heterocycles. The van der Waals surface area contributed by atoms with Crippen LogP contribution < -0.4 is 16.4 Å². The number of nitrogens with two attached hydrogens (primary N) is 1. The topological polar surface area (TPSA) is 97.1 Å². The Balaban J connectivity index is 1.85. The number of aromatic nitrogens is 1. The van der Waals surface area contributed by atoms with Crippen LogP contribution in [0, 0.1) is 5.82 Å². The molecule has 1 heterocycles. The van der Waals surface area contributed by atoms with Crippen LogP contribution in [0.4, 0.5) is 20.2 Å². The number of para-hydroxylation sites is 1. The highest BCUT2D eigenvalue weighted by Gasteiger charge is 2.19. The predicted molar refractivity (Wildman–Crippen MR) is 94.7 cm³/mol. The normalized spacial score (nSPS) is 10.3. The lowest BCUT2D eigenvalue weighted by molar-refractivity contribution is 0.0997. The zero-order valence-electron chi connectivity index (χ0n) is 12.8. The van der Waals surface area contributed by atoms with Gasteiger partial charge in [0.05, 0.1) is 0 Å². The van der Waals surface area contributed by atoms with Crippen molar-refractivity contribution in [1.29, 1.82) is 0 Å². The van der Waals surface area contributed by atoms with E-state index in [9.17, 15) is 14.0 Å². The molecular formula is C17H13FN4O2S. The van der Waals surface area contributed by atoms with Gasteiger partial charge < -0.3 is 16.4 Å². The van der Waals surface area contributed by atoms with E-state index in [1.54, 1.807) is 0 Å². The average Bonchev–Trinajstić information content (AvgIpc) is 2.98. The van der Waals surface area contributed by atoms with Crippen molar-refractivity contribution in [2.75, 3.05) is 10.6 Å². The Morgan fingerprint density at radius 2 is 1.84 bits per heavy atom. The molecule has 0 spiro atoms. The van der Waals surface area contributed by atoms with Gasteiger partial charge in [0, 0.05) is 11.3 Å². The molecule has 126 valence electrons. The van der Waals surface area contributed by atoms with E-state index in [2.05, 4.69) is 15.6 Å². The molecule has 0 aliphatic rings. The molecule has 25 heavy (non-hydrogen) atoms. The van der Waals surface area contributed by atoms with Gasteiger partial charge in [0.15, 0.2) is 10.8 Å². The molecule has 6 nitrogen and oxygen atoms in total. The lowest BCUT2D eigenvalue weighted by atomic mass is 10.2. The molecule has 0 saturated carbocycles. The zero-order valence-corrected chi connectivity index (χ0v) is 13.6. The van der Waals surface area contributed by atoms with Crippen LogP contribution in [0.5, 0.6) is 0 Å². The molecule has 2 aromatic carbocycles. The van der Waals surface area contributed by atoms with E-state index in [0.29, 0.717) is 5.13 Å². The summed E-state index contributed by atoms with van der Waals surface area (Å²) in [5, 5.41) is 6.17. The Morgan fingerprint density at radius 1 is 1.08 bits per heavy atom. The van der Waals surface area contributed by atoms with Crippen molar-refractivity contribution in [2.24, 2.45) is 5.73 Å². The fourth-order valence-electron chi connectivity index (χ4n) is 2.08. The largest absolute Gasteiger partial charge is 0.364 e. The average molecular weight is 356 g/mol. The van der Waals surface area contributed by atoms with Crippen molar-refractivity contribution in [2.45, 2.75) is 0 Å². The van der Waals surface area contributed by atoms with E-state index in [4.69, 9.17) is 5.73 Å². The number of nitrogens with one attached hydrogen (secondary N) is 2. The van der Waals surface area contributed by atoms with E-state index in [0.717, 1.165) is 23.1 Å². The number of carbonyl (C=O) groups excluding carboxylic acids is 2. The van der Waals surface area contributed by atoms with E-state index < -0.39 is 17.6 Å². The number of primary amides is 1. The van der Waals surface area contributed by atoms with Crippen LogP contribution in [-0.4, -0.2) is 16.8 Å². The third-order valence-corrected chi connectivity index (χ3v) is 4.09. The highest BCUT2D eigenvalue weighted by Crippen LogP contribution is 2.30. The third-order valence-electron chi connectivity index (χ3n) is 3.20. The number of thiazole rings is 1. The summed E-state index contributed by atoms with van der Waals surface area (Å²) < 4.78 is 13.2. The summed E-state index contributed by atoms with van der Waals surface area (Å²) >= 11 is 1.06. The minimum absolute atomic E-state index is 0.0619. The van der Waals surface area contributed by atoms with Gasteiger partial charge in [-0.25, -0.2) is 9.37 Å². The summed E-state index contributed by atoms with van der Waals surface area (Å²) in [7, 11) is 0. The highest BCUT2D eigenvalue weighted by atomic mass is 32.1. The summed E-state index contributed by atoms with van der Waals surface area (Å²) in [5.74, 6) is -1.86. The van der Waals surface area contributed by atoms with Crippen molar-refractivity contribution in [3.63, 3.8) is 0 Å². The summed E-state index contributed by atoms with van der Waals surface area (Å²) in [4.78, 5) is 27.9. The van der Waals surface area contributed by atoms with Gasteiger partial charge in [0.25, 0.3) is 11.8 Å². The SMILES string of the molecule is NC(=O)c1nc(Nc2ccccc2)sc1NC(=O)c1cccc(F)c1. The molecule has 8 heteroatoms. The molecule has 0 fully saturated rings. The summed E-state index contributed by atoms with van der Waals surface area (Å²) in [6.45, 7) is 0. The second kappa shape index (κ2) is 7.10. The molecule has 0 bridgehead atoms. The zero-order chi connectivity index (χ0) is 17.8. The second-order valence-corrected chi connectivity index (χ2v) is 6.02. The maximum atomic E-state index is 13.2. The van der Waals surface area contributed by atoms with Crippen molar-refractivity contribution in [3.05, 3.63) is 71.7 Å². The van der Waals surface area contributed by atoms with Gasteiger partial charge in [-0.2, -0.15) is 0 Å². The number of anilines is 3. The smallest absolute Gasteiger partial charge is 0.270 e. The molecule has 4 N–H and O–H groups in total. The molecule has 0 radical (unpaired) electrons. The third kappa shape index (κ3) is 3.99. The predicted octanol–water partition coefficient (Wildman–Crippen LogP) is 3.38. The molecule has 3 rings (SSSR count). The fraction of sp³-hybridized carbons (Fsp3) is 0. The molecule has 0 unspecified atom stereocenters. The number of nitrogens with zero attached hydrogens (tertiary/aromatic N) is 1. The second-order valence-electron chi connectivity index (χ2n) is 5.02. The molecule has 0 aliphatic carbocycles. The number of carbonyl (C=O) groups is 2. The Hall–Kier alpha value is -3.26. The summed E-state index contributed by atoms with van der Waals surface area (Å²) in [5.41, 5.74) is 6.16. The maximum Gasteiger partial charge on any atom is 0.270 e. The Labute approximate surface area is 146 Å². The van der Waals surface area contributed by atoms with Crippen LogP contribution in [0.25, 0.3) is 0 Å². The minimum Gasteiger partial charge on any atom is -0.364 e. The monoisotopic (exact) mass is 356 g/mol. The standard InChI is InChI=1S/C17H13FN4O2S/c18-11-6-4-5-10(9-11)15(24)22-16-13(14(19)23)21-17(25-16)20-12-7-2-1-3-8-12/h1-9H,(H2,19,23)(H,20,21)(H,22,24). The van der Waals surface area contributed by atoms with Gasteiger partial charge in [-0.15, -0.1) is 0 Å². The van der Waals surface area contributed by atoms with Gasteiger partial charge in [-0.3, -0.25) is 9.59 Å². The number of hydrogen-bond donors (Lipinski definition) is 3. The van der Waals surface area contributed by atoms with Crippen LogP contribution in [0.3, 0.4) is 0 Å².